The molecule has 0 aliphatic carbocycles. The van der Waals surface area contributed by atoms with Crippen LogP contribution in [0.4, 0.5) is 11.4 Å². The van der Waals surface area contributed by atoms with E-state index >= 15 is 0 Å². The molecule has 7 heteroatoms. The summed E-state index contributed by atoms with van der Waals surface area (Å²) < 4.78 is 32.5. The molecule has 0 spiro atoms. The number of fused-ring (bicyclic) bond motifs is 1. The minimum atomic E-state index is -3.44. The number of rotatable bonds is 6. The first-order valence-corrected chi connectivity index (χ1v) is 12.5. The van der Waals surface area contributed by atoms with E-state index < -0.39 is 10.0 Å². The third kappa shape index (κ3) is 4.78. The quantitative estimate of drug-likeness (QED) is 0.388. The third-order valence-corrected chi connectivity index (χ3v) is 6.08. The van der Waals surface area contributed by atoms with Crippen molar-refractivity contribution in [3.8, 4) is 11.3 Å². The molecule has 0 amide bonds. The summed E-state index contributed by atoms with van der Waals surface area (Å²) in [6.45, 7) is 5.67. The molecule has 6 nitrogen and oxygen atoms in total. The molecule has 0 saturated carbocycles. The fraction of sp³-hybridized carbons (Fsp3) is 0.192. The van der Waals surface area contributed by atoms with Crippen LogP contribution in [0.2, 0.25) is 0 Å². The molecule has 33 heavy (non-hydrogen) atoms. The van der Waals surface area contributed by atoms with Gasteiger partial charge in [-0.15, -0.1) is 0 Å². The Bertz CT molecular complexity index is 1490. The first-order valence-electron chi connectivity index (χ1n) is 10.6. The van der Waals surface area contributed by atoms with Gasteiger partial charge in [-0.2, -0.15) is 0 Å². The summed E-state index contributed by atoms with van der Waals surface area (Å²) in [6, 6.07) is 20.2. The van der Waals surface area contributed by atoms with Crippen LogP contribution < -0.4 is 15.5 Å². The molecule has 0 radical (unpaired) electrons. The second-order valence-corrected chi connectivity index (χ2v) is 10.0. The highest BCUT2D eigenvalue weighted by Crippen LogP contribution is 2.33. The summed E-state index contributed by atoms with van der Waals surface area (Å²) in [6.07, 6.45) is 1.11. The van der Waals surface area contributed by atoms with Gasteiger partial charge in [-0.25, -0.2) is 8.42 Å². The van der Waals surface area contributed by atoms with Crippen molar-refractivity contribution < 1.29 is 12.8 Å². The average Bonchev–Trinajstić information content (AvgIpc) is 2.77. The average molecular weight is 463 g/mol. The van der Waals surface area contributed by atoms with E-state index in [9.17, 15) is 13.2 Å². The second-order valence-electron chi connectivity index (χ2n) is 8.27. The van der Waals surface area contributed by atoms with Gasteiger partial charge >= 0.3 is 0 Å². The molecule has 0 aliphatic heterocycles. The fourth-order valence-electron chi connectivity index (χ4n) is 3.96. The molecule has 0 fully saturated rings. The van der Waals surface area contributed by atoms with E-state index in [4.69, 9.17) is 4.42 Å². The number of anilines is 2. The number of nitrogens with one attached hydrogen (secondary N) is 2. The molecule has 0 aliphatic rings. The minimum absolute atomic E-state index is 0.0635. The van der Waals surface area contributed by atoms with Gasteiger partial charge in [0.15, 0.2) is 5.43 Å². The van der Waals surface area contributed by atoms with Crippen LogP contribution in [0.5, 0.6) is 0 Å². The topological polar surface area (TPSA) is 88.4 Å². The highest BCUT2D eigenvalue weighted by molar-refractivity contribution is 7.92. The lowest BCUT2D eigenvalue weighted by molar-refractivity contribution is 0.605. The van der Waals surface area contributed by atoms with Crippen LogP contribution in [0.3, 0.4) is 0 Å². The van der Waals surface area contributed by atoms with Gasteiger partial charge in [0.25, 0.3) is 0 Å². The number of para-hydroxylation sites is 2. The van der Waals surface area contributed by atoms with Crippen molar-refractivity contribution in [2.75, 3.05) is 16.3 Å². The monoisotopic (exact) mass is 462 g/mol. The molecule has 1 unspecified atom stereocenters. The Morgan fingerprint density at radius 3 is 2.21 bits per heavy atom. The summed E-state index contributed by atoms with van der Waals surface area (Å²) in [4.78, 5) is 13.3. The molecule has 4 rings (SSSR count). The lowest BCUT2D eigenvalue weighted by Gasteiger charge is -2.20. The minimum Gasteiger partial charge on any atom is -0.455 e. The van der Waals surface area contributed by atoms with E-state index in [1.54, 1.807) is 25.1 Å². The van der Waals surface area contributed by atoms with E-state index in [0.717, 1.165) is 22.9 Å². The fourth-order valence-corrected chi connectivity index (χ4v) is 4.54. The molecular weight excluding hydrogens is 436 g/mol. The number of hydrogen-bond acceptors (Lipinski definition) is 5. The first kappa shape index (κ1) is 22.6. The Balaban J connectivity index is 1.85. The molecule has 2 N–H and O–H groups in total. The molecule has 170 valence electrons. The van der Waals surface area contributed by atoms with Crippen LogP contribution in [0.25, 0.3) is 22.3 Å². The van der Waals surface area contributed by atoms with Gasteiger partial charge in [0.05, 0.1) is 29.1 Å². The molecule has 1 aromatic heterocycles. The maximum atomic E-state index is 13.3. The van der Waals surface area contributed by atoms with Crippen molar-refractivity contribution in [2.24, 2.45) is 0 Å². The van der Waals surface area contributed by atoms with Gasteiger partial charge in [-0.3, -0.25) is 9.52 Å². The number of hydrogen-bond donors (Lipinski definition) is 2. The molecule has 1 heterocycles. The van der Waals surface area contributed by atoms with Crippen LogP contribution in [0.15, 0.2) is 75.9 Å². The van der Waals surface area contributed by atoms with Gasteiger partial charge < -0.3 is 9.73 Å². The van der Waals surface area contributed by atoms with Crippen LogP contribution in [0.1, 0.15) is 29.7 Å². The highest BCUT2D eigenvalue weighted by atomic mass is 32.2. The van der Waals surface area contributed by atoms with E-state index in [1.165, 1.54) is 0 Å². The zero-order valence-electron chi connectivity index (χ0n) is 19.0. The molecular formula is C26H26N2O4S. The second kappa shape index (κ2) is 8.75. The summed E-state index contributed by atoms with van der Waals surface area (Å²) in [5.41, 5.74) is 4.68. The van der Waals surface area contributed by atoms with Crippen molar-refractivity contribution in [1.29, 1.82) is 0 Å². The van der Waals surface area contributed by atoms with Crippen molar-refractivity contribution in [3.05, 3.63) is 93.6 Å². The Kier molecular flexibility index (Phi) is 5.99. The van der Waals surface area contributed by atoms with Crippen LogP contribution >= 0.6 is 0 Å². The Morgan fingerprint density at radius 1 is 0.909 bits per heavy atom. The van der Waals surface area contributed by atoms with Crippen molar-refractivity contribution in [3.63, 3.8) is 0 Å². The maximum absolute atomic E-state index is 13.3. The largest absolute Gasteiger partial charge is 0.455 e. The van der Waals surface area contributed by atoms with E-state index in [-0.39, 0.29) is 11.5 Å². The van der Waals surface area contributed by atoms with Gasteiger partial charge in [0.2, 0.25) is 10.0 Å². The number of sulfonamides is 1. The standard InChI is InChI=1S/C26H26N2O4S/c1-16-14-20(18(3)27-22-12-8-9-13-23(22)28-33(4,30)31)26-21(15-16)24(29)17(2)25(32-26)19-10-6-5-7-11-19/h5-15,18,27-28H,1-4H3. The zero-order chi connectivity index (χ0) is 23.8. The summed E-state index contributed by atoms with van der Waals surface area (Å²) in [7, 11) is -3.44. The van der Waals surface area contributed by atoms with E-state index in [2.05, 4.69) is 10.0 Å². The molecule has 0 bridgehead atoms. The van der Waals surface area contributed by atoms with E-state index in [0.29, 0.717) is 33.7 Å². The molecule has 3 aromatic carbocycles. The van der Waals surface area contributed by atoms with Crippen molar-refractivity contribution >= 4 is 32.4 Å². The van der Waals surface area contributed by atoms with E-state index in [1.807, 2.05) is 62.4 Å². The summed E-state index contributed by atoms with van der Waals surface area (Å²) in [5, 5.41) is 3.90. The number of aryl methyl sites for hydroxylation is 1. The van der Waals surface area contributed by atoms with Gasteiger partial charge in [-0.1, -0.05) is 48.5 Å². The first-order chi connectivity index (χ1) is 15.6. The predicted molar refractivity (Wildman–Crippen MR) is 134 cm³/mol. The Labute approximate surface area is 193 Å². The third-order valence-electron chi connectivity index (χ3n) is 5.49. The van der Waals surface area contributed by atoms with Crippen LogP contribution in [-0.4, -0.2) is 14.7 Å². The summed E-state index contributed by atoms with van der Waals surface area (Å²) >= 11 is 0. The maximum Gasteiger partial charge on any atom is 0.229 e. The smallest absolute Gasteiger partial charge is 0.229 e. The van der Waals surface area contributed by atoms with Crippen molar-refractivity contribution in [2.45, 2.75) is 26.8 Å². The molecule has 0 saturated heterocycles. The van der Waals surface area contributed by atoms with Gasteiger partial charge in [0.1, 0.15) is 11.3 Å². The lowest BCUT2D eigenvalue weighted by atomic mass is 9.98. The zero-order valence-corrected chi connectivity index (χ0v) is 19.8. The van der Waals surface area contributed by atoms with Crippen LogP contribution in [-0.2, 0) is 10.0 Å². The Morgan fingerprint density at radius 2 is 1.55 bits per heavy atom. The Hall–Kier alpha value is -3.58. The molecule has 4 aromatic rings. The molecule has 1 atom stereocenters. The normalized spacial score (nSPS) is 12.5. The number of benzene rings is 3. The van der Waals surface area contributed by atoms with Crippen LogP contribution in [0, 0.1) is 13.8 Å². The summed E-state index contributed by atoms with van der Waals surface area (Å²) in [5.74, 6) is 0.546. The SMILES string of the molecule is Cc1cc(C(C)Nc2ccccc2NS(C)(=O)=O)c2oc(-c3ccccc3)c(C)c(=O)c2c1. The van der Waals surface area contributed by atoms with Gasteiger partial charge in [0, 0.05) is 16.7 Å². The lowest BCUT2D eigenvalue weighted by Crippen LogP contribution is -2.15. The highest BCUT2D eigenvalue weighted by Gasteiger charge is 2.19. The van der Waals surface area contributed by atoms with Gasteiger partial charge in [-0.05, 0) is 44.5 Å². The van der Waals surface area contributed by atoms with Crippen molar-refractivity contribution in [1.82, 2.24) is 0 Å². The predicted octanol–water partition coefficient (Wildman–Crippen LogP) is 5.62.